The van der Waals surface area contributed by atoms with Gasteiger partial charge in [-0.05, 0) is 31.2 Å². The molecule has 0 aromatic heterocycles. The normalized spacial score (nSPS) is 11.0. The Morgan fingerprint density at radius 3 is 2.24 bits per heavy atom. The van der Waals surface area contributed by atoms with Crippen LogP contribution >= 0.6 is 0 Å². The lowest BCUT2D eigenvalue weighted by molar-refractivity contribution is 0.262. The number of para-hydroxylation sites is 1. The number of carbonyl (C=O) groups excluding carboxylic acids is 1. The molecule has 110 valence electrons. The summed E-state index contributed by atoms with van der Waals surface area (Å²) in [5.41, 5.74) is 1.80. The number of sulfonamides is 1. The van der Waals surface area contributed by atoms with Gasteiger partial charge in [0.15, 0.2) is 0 Å². The molecular formula is C14H15N3O3S. The molecule has 7 heteroatoms. The van der Waals surface area contributed by atoms with Crippen LogP contribution in [0, 0.1) is 6.92 Å². The Bertz CT molecular complexity index is 755. The molecule has 6 nitrogen and oxygen atoms in total. The van der Waals surface area contributed by atoms with E-state index >= 15 is 0 Å². The molecule has 0 fully saturated rings. The monoisotopic (exact) mass is 305 g/mol. The Balaban J connectivity index is 2.15. The molecule has 0 saturated carbocycles. The van der Waals surface area contributed by atoms with Crippen molar-refractivity contribution in [3.8, 4) is 0 Å². The fourth-order valence-corrected chi connectivity index (χ4v) is 2.43. The average molecular weight is 305 g/mol. The fraction of sp³-hybridized carbons (Fsp3) is 0.0714. The van der Waals surface area contributed by atoms with Crippen molar-refractivity contribution in [1.29, 1.82) is 0 Å². The van der Waals surface area contributed by atoms with Gasteiger partial charge in [0.05, 0.1) is 5.69 Å². The number of primary sulfonamides is 1. The van der Waals surface area contributed by atoms with E-state index < -0.39 is 16.1 Å². The Hall–Kier alpha value is -2.38. The summed E-state index contributed by atoms with van der Waals surface area (Å²) in [4.78, 5) is 11.8. The minimum absolute atomic E-state index is 0.129. The van der Waals surface area contributed by atoms with Crippen molar-refractivity contribution in [2.45, 2.75) is 11.8 Å². The highest BCUT2D eigenvalue weighted by Gasteiger charge is 2.14. The maximum absolute atomic E-state index is 11.9. The molecule has 0 radical (unpaired) electrons. The number of aryl methyl sites for hydroxylation is 1. The lowest BCUT2D eigenvalue weighted by Crippen LogP contribution is -2.22. The highest BCUT2D eigenvalue weighted by atomic mass is 32.2. The fourth-order valence-electron chi connectivity index (χ4n) is 1.74. The van der Waals surface area contributed by atoms with E-state index in [1.165, 1.54) is 18.2 Å². The molecule has 0 aliphatic heterocycles. The second-order valence-corrected chi connectivity index (χ2v) is 6.02. The van der Waals surface area contributed by atoms with E-state index in [0.717, 1.165) is 5.56 Å². The van der Waals surface area contributed by atoms with E-state index in [0.29, 0.717) is 5.69 Å². The standard InChI is InChI=1S/C14H15N3O3S/c1-10-6-8-11(9-7-10)16-14(18)17-12-4-2-3-5-13(12)21(15,19)20/h2-9H,1H3,(H2,15,19,20)(H2,16,17,18). The third-order valence-corrected chi connectivity index (χ3v) is 3.72. The second-order valence-electron chi connectivity index (χ2n) is 4.49. The minimum Gasteiger partial charge on any atom is -0.308 e. The Morgan fingerprint density at radius 1 is 1.00 bits per heavy atom. The zero-order valence-electron chi connectivity index (χ0n) is 11.3. The predicted molar refractivity (Wildman–Crippen MR) is 81.6 cm³/mol. The Labute approximate surface area is 123 Å². The van der Waals surface area contributed by atoms with Crippen molar-refractivity contribution in [3.63, 3.8) is 0 Å². The first-order valence-electron chi connectivity index (χ1n) is 6.13. The Kier molecular flexibility index (Phi) is 4.25. The van der Waals surface area contributed by atoms with Gasteiger partial charge in [-0.25, -0.2) is 18.4 Å². The first kappa shape index (κ1) is 15.0. The molecule has 0 atom stereocenters. The van der Waals surface area contributed by atoms with Crippen LogP contribution in [0.3, 0.4) is 0 Å². The number of hydrogen-bond acceptors (Lipinski definition) is 3. The largest absolute Gasteiger partial charge is 0.323 e. The molecule has 0 bridgehead atoms. The quantitative estimate of drug-likeness (QED) is 0.810. The third kappa shape index (κ3) is 4.04. The molecular weight excluding hydrogens is 290 g/mol. The maximum atomic E-state index is 11.9. The smallest absolute Gasteiger partial charge is 0.308 e. The van der Waals surface area contributed by atoms with Gasteiger partial charge in [0.1, 0.15) is 4.90 Å². The van der Waals surface area contributed by atoms with Crippen LogP contribution in [0.1, 0.15) is 5.56 Å². The van der Waals surface area contributed by atoms with E-state index in [9.17, 15) is 13.2 Å². The topological polar surface area (TPSA) is 101 Å². The summed E-state index contributed by atoms with van der Waals surface area (Å²) in [6, 6.07) is 12.6. The number of nitrogens with two attached hydrogens (primary N) is 1. The van der Waals surface area contributed by atoms with Crippen LogP contribution in [0.5, 0.6) is 0 Å². The molecule has 2 aromatic rings. The van der Waals surface area contributed by atoms with Gasteiger partial charge in [-0.2, -0.15) is 0 Å². The third-order valence-electron chi connectivity index (χ3n) is 2.75. The molecule has 0 spiro atoms. The number of anilines is 2. The van der Waals surface area contributed by atoms with Gasteiger partial charge in [0.25, 0.3) is 0 Å². The molecule has 0 heterocycles. The summed E-state index contributed by atoms with van der Waals surface area (Å²) in [6.45, 7) is 1.94. The van der Waals surface area contributed by atoms with E-state index in [1.807, 2.05) is 19.1 Å². The summed E-state index contributed by atoms with van der Waals surface area (Å²) < 4.78 is 22.9. The Morgan fingerprint density at radius 2 is 1.62 bits per heavy atom. The van der Waals surface area contributed by atoms with Gasteiger partial charge in [-0.1, -0.05) is 29.8 Å². The molecule has 2 amide bonds. The van der Waals surface area contributed by atoms with Crippen LogP contribution in [-0.2, 0) is 10.0 Å². The maximum Gasteiger partial charge on any atom is 0.323 e. The summed E-state index contributed by atoms with van der Waals surface area (Å²) in [6.07, 6.45) is 0. The average Bonchev–Trinajstić information content (AvgIpc) is 2.41. The number of carbonyl (C=O) groups is 1. The lowest BCUT2D eigenvalue weighted by Gasteiger charge is -2.10. The predicted octanol–water partition coefficient (Wildman–Crippen LogP) is 2.29. The SMILES string of the molecule is Cc1ccc(NC(=O)Nc2ccccc2S(N)(=O)=O)cc1. The van der Waals surface area contributed by atoms with Gasteiger partial charge in [-0.3, -0.25) is 0 Å². The molecule has 2 aromatic carbocycles. The van der Waals surface area contributed by atoms with Crippen LogP contribution < -0.4 is 15.8 Å². The molecule has 0 saturated heterocycles. The molecule has 4 N–H and O–H groups in total. The summed E-state index contributed by atoms with van der Waals surface area (Å²) >= 11 is 0. The van der Waals surface area contributed by atoms with E-state index in [2.05, 4.69) is 10.6 Å². The first-order chi connectivity index (χ1) is 9.86. The van der Waals surface area contributed by atoms with Crippen molar-refractivity contribution >= 4 is 27.4 Å². The van der Waals surface area contributed by atoms with Crippen molar-refractivity contribution in [2.24, 2.45) is 5.14 Å². The van der Waals surface area contributed by atoms with Gasteiger partial charge < -0.3 is 10.6 Å². The minimum atomic E-state index is -3.90. The number of rotatable bonds is 3. The van der Waals surface area contributed by atoms with Crippen molar-refractivity contribution in [2.75, 3.05) is 10.6 Å². The molecule has 2 rings (SSSR count). The van der Waals surface area contributed by atoms with Gasteiger partial charge >= 0.3 is 6.03 Å². The van der Waals surface area contributed by atoms with Crippen LogP contribution in [0.15, 0.2) is 53.4 Å². The van der Waals surface area contributed by atoms with Gasteiger partial charge in [0, 0.05) is 5.69 Å². The summed E-state index contributed by atoms with van der Waals surface area (Å²) in [7, 11) is -3.90. The number of nitrogens with one attached hydrogen (secondary N) is 2. The lowest BCUT2D eigenvalue weighted by atomic mass is 10.2. The van der Waals surface area contributed by atoms with Crippen LogP contribution in [-0.4, -0.2) is 14.4 Å². The summed E-state index contributed by atoms with van der Waals surface area (Å²) in [5, 5.41) is 10.2. The molecule has 0 aliphatic rings. The number of urea groups is 1. The van der Waals surface area contributed by atoms with Gasteiger partial charge in [0.2, 0.25) is 10.0 Å². The second kappa shape index (κ2) is 5.94. The van der Waals surface area contributed by atoms with Crippen LogP contribution in [0.25, 0.3) is 0 Å². The highest BCUT2D eigenvalue weighted by Crippen LogP contribution is 2.19. The number of amides is 2. The zero-order chi connectivity index (χ0) is 15.5. The van der Waals surface area contributed by atoms with Gasteiger partial charge in [-0.15, -0.1) is 0 Å². The molecule has 0 unspecified atom stereocenters. The van der Waals surface area contributed by atoms with Crippen LogP contribution in [0.4, 0.5) is 16.2 Å². The van der Waals surface area contributed by atoms with E-state index in [4.69, 9.17) is 5.14 Å². The summed E-state index contributed by atoms with van der Waals surface area (Å²) in [5.74, 6) is 0. The van der Waals surface area contributed by atoms with E-state index in [-0.39, 0.29) is 10.6 Å². The zero-order valence-corrected chi connectivity index (χ0v) is 12.1. The van der Waals surface area contributed by atoms with Crippen molar-refractivity contribution in [1.82, 2.24) is 0 Å². The van der Waals surface area contributed by atoms with Crippen molar-refractivity contribution in [3.05, 3.63) is 54.1 Å². The first-order valence-corrected chi connectivity index (χ1v) is 7.67. The molecule has 21 heavy (non-hydrogen) atoms. The molecule has 0 aliphatic carbocycles. The van der Waals surface area contributed by atoms with Crippen molar-refractivity contribution < 1.29 is 13.2 Å². The number of benzene rings is 2. The van der Waals surface area contributed by atoms with Crippen LogP contribution in [0.2, 0.25) is 0 Å². The van der Waals surface area contributed by atoms with E-state index in [1.54, 1.807) is 18.2 Å². The highest BCUT2D eigenvalue weighted by molar-refractivity contribution is 7.89. The number of hydrogen-bond donors (Lipinski definition) is 3.